The SMILES string of the molecule is O=C(c1ccccc1)[C@@H]1C[C@H]([N+](=O)[O-])[C@@H](c2ccccc2)C[C@@H]1O. The van der Waals surface area contributed by atoms with E-state index in [4.69, 9.17) is 0 Å². The van der Waals surface area contributed by atoms with Crippen LogP contribution in [0.1, 0.15) is 34.7 Å². The maximum Gasteiger partial charge on any atom is 0.220 e. The van der Waals surface area contributed by atoms with Crippen molar-refractivity contribution in [1.29, 1.82) is 0 Å². The molecule has 0 bridgehead atoms. The fourth-order valence-electron chi connectivity index (χ4n) is 3.55. The lowest BCUT2D eigenvalue weighted by Crippen LogP contribution is -2.44. The van der Waals surface area contributed by atoms with E-state index in [9.17, 15) is 20.0 Å². The first-order chi connectivity index (χ1) is 11.6. The van der Waals surface area contributed by atoms with Crippen LogP contribution in [0.2, 0.25) is 0 Å². The van der Waals surface area contributed by atoms with Crippen molar-refractivity contribution < 1.29 is 14.8 Å². The van der Waals surface area contributed by atoms with Gasteiger partial charge in [0.1, 0.15) is 0 Å². The van der Waals surface area contributed by atoms with Gasteiger partial charge in [-0.05, 0) is 12.0 Å². The van der Waals surface area contributed by atoms with Gasteiger partial charge in [-0.3, -0.25) is 14.9 Å². The van der Waals surface area contributed by atoms with Crippen LogP contribution in [0.3, 0.4) is 0 Å². The van der Waals surface area contributed by atoms with Gasteiger partial charge in [-0.25, -0.2) is 0 Å². The van der Waals surface area contributed by atoms with Gasteiger partial charge in [0, 0.05) is 16.9 Å². The lowest BCUT2D eigenvalue weighted by Gasteiger charge is -2.34. The molecular formula is C19H19NO4. The third-order valence-corrected chi connectivity index (χ3v) is 4.81. The molecule has 2 aromatic rings. The number of hydrogen-bond donors (Lipinski definition) is 1. The predicted octanol–water partition coefficient (Wildman–Crippen LogP) is 3.07. The fourth-order valence-corrected chi connectivity index (χ4v) is 3.55. The molecule has 0 heterocycles. The Kier molecular flexibility index (Phi) is 4.71. The molecule has 0 aliphatic heterocycles. The van der Waals surface area contributed by atoms with Crippen LogP contribution in [0.4, 0.5) is 0 Å². The molecule has 2 aromatic carbocycles. The number of hydrogen-bond acceptors (Lipinski definition) is 4. The molecule has 0 unspecified atom stereocenters. The number of nitro groups is 1. The zero-order valence-corrected chi connectivity index (χ0v) is 13.1. The highest BCUT2D eigenvalue weighted by atomic mass is 16.6. The summed E-state index contributed by atoms with van der Waals surface area (Å²) in [6, 6.07) is 17.0. The van der Waals surface area contributed by atoms with Gasteiger partial charge in [0.15, 0.2) is 5.78 Å². The highest BCUT2D eigenvalue weighted by molar-refractivity contribution is 5.98. The van der Waals surface area contributed by atoms with E-state index < -0.39 is 18.1 Å². The molecule has 1 aliphatic carbocycles. The Bertz CT molecular complexity index is 717. The summed E-state index contributed by atoms with van der Waals surface area (Å²) < 4.78 is 0. The van der Waals surface area contributed by atoms with Crippen LogP contribution in [-0.2, 0) is 0 Å². The Hall–Kier alpha value is -2.53. The topological polar surface area (TPSA) is 80.4 Å². The van der Waals surface area contributed by atoms with Crippen LogP contribution in [-0.4, -0.2) is 28.0 Å². The minimum Gasteiger partial charge on any atom is -0.392 e. The van der Waals surface area contributed by atoms with E-state index in [1.54, 1.807) is 30.3 Å². The van der Waals surface area contributed by atoms with Gasteiger partial charge in [0.05, 0.1) is 17.9 Å². The van der Waals surface area contributed by atoms with E-state index in [2.05, 4.69) is 0 Å². The van der Waals surface area contributed by atoms with Gasteiger partial charge in [0.25, 0.3) is 0 Å². The fraction of sp³-hybridized carbons (Fsp3) is 0.316. The van der Waals surface area contributed by atoms with E-state index in [0.29, 0.717) is 5.56 Å². The van der Waals surface area contributed by atoms with Crippen molar-refractivity contribution in [3.8, 4) is 0 Å². The normalized spacial score (nSPS) is 26.7. The smallest absolute Gasteiger partial charge is 0.220 e. The van der Waals surface area contributed by atoms with Crippen molar-refractivity contribution in [3.63, 3.8) is 0 Å². The summed E-state index contributed by atoms with van der Waals surface area (Å²) in [5.41, 5.74) is 1.32. The molecule has 0 spiro atoms. The Balaban J connectivity index is 1.86. The first-order valence-corrected chi connectivity index (χ1v) is 8.03. The molecule has 0 radical (unpaired) electrons. The zero-order valence-electron chi connectivity index (χ0n) is 13.1. The number of aliphatic hydroxyl groups is 1. The Morgan fingerprint density at radius 3 is 2.17 bits per heavy atom. The van der Waals surface area contributed by atoms with Crippen molar-refractivity contribution >= 4 is 5.78 Å². The molecule has 0 amide bonds. The first kappa shape index (κ1) is 16.3. The Morgan fingerprint density at radius 2 is 1.58 bits per heavy atom. The molecule has 1 aliphatic rings. The zero-order chi connectivity index (χ0) is 17.1. The molecule has 1 saturated carbocycles. The molecule has 0 saturated heterocycles. The summed E-state index contributed by atoms with van der Waals surface area (Å²) in [7, 11) is 0. The number of carbonyl (C=O) groups excluding carboxylic acids is 1. The van der Waals surface area contributed by atoms with E-state index in [0.717, 1.165) is 5.56 Å². The van der Waals surface area contributed by atoms with Crippen molar-refractivity contribution in [3.05, 3.63) is 81.9 Å². The highest BCUT2D eigenvalue weighted by Crippen LogP contribution is 2.39. The van der Waals surface area contributed by atoms with Crippen LogP contribution in [0.25, 0.3) is 0 Å². The van der Waals surface area contributed by atoms with Gasteiger partial charge in [-0.2, -0.15) is 0 Å². The van der Waals surface area contributed by atoms with Crippen LogP contribution in [0.5, 0.6) is 0 Å². The lowest BCUT2D eigenvalue weighted by atomic mass is 9.71. The Labute approximate surface area is 140 Å². The minimum absolute atomic E-state index is 0.0570. The summed E-state index contributed by atoms with van der Waals surface area (Å²) in [4.78, 5) is 23.9. The molecule has 0 aromatic heterocycles. The predicted molar refractivity (Wildman–Crippen MR) is 89.5 cm³/mol. The maximum atomic E-state index is 12.6. The molecule has 1 N–H and O–H groups in total. The summed E-state index contributed by atoms with van der Waals surface area (Å²) in [5, 5.41) is 22.1. The molecule has 5 heteroatoms. The molecule has 124 valence electrons. The molecule has 3 rings (SSSR count). The van der Waals surface area contributed by atoms with Crippen LogP contribution >= 0.6 is 0 Å². The highest BCUT2D eigenvalue weighted by Gasteiger charge is 2.46. The van der Waals surface area contributed by atoms with Crippen LogP contribution in [0, 0.1) is 16.0 Å². The van der Waals surface area contributed by atoms with Gasteiger partial charge < -0.3 is 5.11 Å². The van der Waals surface area contributed by atoms with Gasteiger partial charge in [-0.15, -0.1) is 0 Å². The third kappa shape index (κ3) is 3.21. The number of Topliss-reactive ketones (excluding diaryl/α,β-unsaturated/α-hetero) is 1. The number of ketones is 1. The number of rotatable bonds is 4. The number of aliphatic hydroxyl groups excluding tert-OH is 1. The van der Waals surface area contributed by atoms with Crippen LogP contribution in [0.15, 0.2) is 60.7 Å². The monoisotopic (exact) mass is 325 g/mol. The van der Waals surface area contributed by atoms with Gasteiger partial charge in [0.2, 0.25) is 6.04 Å². The van der Waals surface area contributed by atoms with Crippen molar-refractivity contribution in [2.45, 2.75) is 30.9 Å². The summed E-state index contributed by atoms with van der Waals surface area (Å²) in [6.45, 7) is 0. The second-order valence-electron chi connectivity index (χ2n) is 6.25. The third-order valence-electron chi connectivity index (χ3n) is 4.81. The van der Waals surface area contributed by atoms with E-state index in [1.807, 2.05) is 30.3 Å². The van der Waals surface area contributed by atoms with Crippen molar-refractivity contribution in [2.24, 2.45) is 5.92 Å². The second kappa shape index (κ2) is 6.93. The second-order valence-corrected chi connectivity index (χ2v) is 6.25. The van der Waals surface area contributed by atoms with E-state index in [-0.39, 0.29) is 29.5 Å². The van der Waals surface area contributed by atoms with Crippen LogP contribution < -0.4 is 0 Å². The number of benzene rings is 2. The molecule has 1 fully saturated rings. The largest absolute Gasteiger partial charge is 0.392 e. The summed E-state index contributed by atoms with van der Waals surface area (Å²) >= 11 is 0. The minimum atomic E-state index is -0.876. The molecular weight excluding hydrogens is 306 g/mol. The molecule has 4 atom stereocenters. The van der Waals surface area contributed by atoms with Gasteiger partial charge >= 0.3 is 0 Å². The van der Waals surface area contributed by atoms with E-state index in [1.165, 1.54) is 0 Å². The quantitative estimate of drug-likeness (QED) is 0.532. The van der Waals surface area contributed by atoms with Crippen molar-refractivity contribution in [1.82, 2.24) is 0 Å². The summed E-state index contributed by atoms with van der Waals surface area (Å²) in [6.07, 6.45) is -0.598. The van der Waals surface area contributed by atoms with E-state index >= 15 is 0 Å². The van der Waals surface area contributed by atoms with Crippen molar-refractivity contribution in [2.75, 3.05) is 0 Å². The standard InChI is InChI=1S/C19H19NO4/c21-18-12-15(13-7-3-1-4-8-13)17(20(23)24)11-16(18)19(22)14-9-5-2-6-10-14/h1-10,15-18,21H,11-12H2/t15-,16-,17+,18+/m1/s1. The maximum absolute atomic E-state index is 12.6. The molecule has 24 heavy (non-hydrogen) atoms. The molecule has 5 nitrogen and oxygen atoms in total. The average Bonchev–Trinajstić information content (AvgIpc) is 2.62. The first-order valence-electron chi connectivity index (χ1n) is 8.03. The van der Waals surface area contributed by atoms with Gasteiger partial charge in [-0.1, -0.05) is 60.7 Å². The Morgan fingerprint density at radius 1 is 1.00 bits per heavy atom. The number of carbonyl (C=O) groups is 1. The summed E-state index contributed by atoms with van der Waals surface area (Å²) in [5.74, 6) is -1.33. The average molecular weight is 325 g/mol. The lowest BCUT2D eigenvalue weighted by molar-refractivity contribution is -0.532. The number of nitrogens with zero attached hydrogens (tertiary/aromatic N) is 1.